The van der Waals surface area contributed by atoms with Crippen LogP contribution in [0, 0.1) is 0 Å². The van der Waals surface area contributed by atoms with Gasteiger partial charge in [0.25, 0.3) is 0 Å². The third-order valence-electron chi connectivity index (χ3n) is 0.962. The number of aliphatic hydroxyl groups is 2. The minimum Gasteiger partial charge on any atom is -0.388 e. The summed E-state index contributed by atoms with van der Waals surface area (Å²) in [5.41, 5.74) is 0. The zero-order valence-corrected chi connectivity index (χ0v) is 8.98. The van der Waals surface area contributed by atoms with Gasteiger partial charge in [0, 0.05) is 8.96 Å². The van der Waals surface area contributed by atoms with E-state index >= 15 is 0 Å². The van der Waals surface area contributed by atoms with Crippen molar-refractivity contribution >= 4 is 31.9 Å². The third kappa shape index (κ3) is 3.14. The summed E-state index contributed by atoms with van der Waals surface area (Å²) in [5, 5.41) is 18.0. The predicted octanol–water partition coefficient (Wildman–Crippen LogP) is 1.75. The van der Waals surface area contributed by atoms with Gasteiger partial charge in [-0.3, -0.25) is 0 Å². The van der Waals surface area contributed by atoms with Gasteiger partial charge in [-0.05, 0) is 13.8 Å². The Morgan fingerprint density at radius 1 is 1.00 bits per heavy atom. The first kappa shape index (κ1) is 10.6. The molecule has 4 heteroatoms. The van der Waals surface area contributed by atoms with Gasteiger partial charge in [0.2, 0.25) is 0 Å². The Kier molecular flexibility index (Phi) is 4.77. The van der Waals surface area contributed by atoms with Gasteiger partial charge in [-0.2, -0.15) is 0 Å². The maximum absolute atomic E-state index is 8.99. The zero-order chi connectivity index (χ0) is 8.31. The molecule has 0 radical (unpaired) electrons. The molecule has 2 atom stereocenters. The first-order valence-electron chi connectivity index (χ1n) is 2.88. The Hall–Kier alpha value is 0.620. The largest absolute Gasteiger partial charge is 0.388 e. The van der Waals surface area contributed by atoms with E-state index in [1.165, 1.54) is 0 Å². The molecule has 0 unspecified atom stereocenters. The number of aliphatic hydroxyl groups excluding tert-OH is 2. The summed E-state index contributed by atoms with van der Waals surface area (Å²) in [5.74, 6) is 0. The molecule has 60 valence electrons. The molecule has 0 spiro atoms. The lowest BCUT2D eigenvalue weighted by molar-refractivity contribution is 0.223. The van der Waals surface area contributed by atoms with Crippen LogP contribution in [0.25, 0.3) is 0 Å². The third-order valence-corrected chi connectivity index (χ3v) is 3.67. The Labute approximate surface area is 77.2 Å². The maximum atomic E-state index is 8.99. The van der Waals surface area contributed by atoms with E-state index in [2.05, 4.69) is 31.9 Å². The highest BCUT2D eigenvalue weighted by Crippen LogP contribution is 2.23. The SMILES string of the molecule is C[C@H](O)/C(Br)=C(\Br)[C@@H](C)O. The Morgan fingerprint density at radius 3 is 1.30 bits per heavy atom. The van der Waals surface area contributed by atoms with Crippen molar-refractivity contribution < 1.29 is 10.2 Å². The molecule has 0 bridgehead atoms. The second-order valence-electron chi connectivity index (χ2n) is 2.05. The smallest absolute Gasteiger partial charge is 0.0835 e. The zero-order valence-electron chi connectivity index (χ0n) is 5.81. The molecule has 0 saturated heterocycles. The van der Waals surface area contributed by atoms with Crippen LogP contribution in [-0.2, 0) is 0 Å². The maximum Gasteiger partial charge on any atom is 0.0835 e. The molecule has 0 aliphatic carbocycles. The number of hydrogen-bond donors (Lipinski definition) is 2. The molecular weight excluding hydrogens is 264 g/mol. The van der Waals surface area contributed by atoms with Crippen molar-refractivity contribution in [2.24, 2.45) is 0 Å². The van der Waals surface area contributed by atoms with E-state index in [9.17, 15) is 0 Å². The molecule has 0 saturated carbocycles. The number of hydrogen-bond acceptors (Lipinski definition) is 2. The Balaban J connectivity index is 4.34. The second-order valence-corrected chi connectivity index (χ2v) is 3.76. The molecule has 0 aromatic heterocycles. The van der Waals surface area contributed by atoms with Crippen molar-refractivity contribution in [3.63, 3.8) is 0 Å². The highest BCUT2D eigenvalue weighted by molar-refractivity contribution is 9.14. The van der Waals surface area contributed by atoms with Crippen LogP contribution < -0.4 is 0 Å². The molecule has 0 heterocycles. The fourth-order valence-electron chi connectivity index (χ4n) is 0.399. The van der Waals surface area contributed by atoms with Gasteiger partial charge in [0.15, 0.2) is 0 Å². The van der Waals surface area contributed by atoms with Crippen LogP contribution in [0.15, 0.2) is 8.96 Å². The van der Waals surface area contributed by atoms with Crippen molar-refractivity contribution in [1.82, 2.24) is 0 Å². The molecule has 10 heavy (non-hydrogen) atoms. The molecule has 0 aromatic carbocycles. The Morgan fingerprint density at radius 2 is 1.20 bits per heavy atom. The van der Waals surface area contributed by atoms with Gasteiger partial charge in [0.05, 0.1) is 12.2 Å². The summed E-state index contributed by atoms with van der Waals surface area (Å²) >= 11 is 6.26. The van der Waals surface area contributed by atoms with Crippen molar-refractivity contribution in [2.45, 2.75) is 26.1 Å². The summed E-state index contributed by atoms with van der Waals surface area (Å²) in [6.45, 7) is 3.24. The lowest BCUT2D eigenvalue weighted by atomic mass is 10.3. The minimum absolute atomic E-state index is 0.580. The van der Waals surface area contributed by atoms with Gasteiger partial charge < -0.3 is 10.2 Å². The molecule has 2 nitrogen and oxygen atoms in total. The van der Waals surface area contributed by atoms with Gasteiger partial charge in [-0.25, -0.2) is 0 Å². The minimum atomic E-state index is -0.580. The average Bonchev–Trinajstić information content (AvgIpc) is 1.84. The van der Waals surface area contributed by atoms with Crippen LogP contribution in [0.3, 0.4) is 0 Å². The monoisotopic (exact) mass is 272 g/mol. The molecule has 0 amide bonds. The van der Waals surface area contributed by atoms with Crippen LogP contribution in [0.5, 0.6) is 0 Å². The first-order valence-corrected chi connectivity index (χ1v) is 4.46. The van der Waals surface area contributed by atoms with Gasteiger partial charge in [0.1, 0.15) is 0 Å². The van der Waals surface area contributed by atoms with Gasteiger partial charge in [-0.15, -0.1) is 0 Å². The van der Waals surface area contributed by atoms with Crippen LogP contribution in [0.1, 0.15) is 13.8 Å². The molecule has 0 fully saturated rings. The van der Waals surface area contributed by atoms with Gasteiger partial charge in [-0.1, -0.05) is 31.9 Å². The lowest BCUT2D eigenvalue weighted by Gasteiger charge is -2.08. The topological polar surface area (TPSA) is 40.5 Å². The molecule has 2 N–H and O–H groups in total. The number of rotatable bonds is 2. The second kappa shape index (κ2) is 4.49. The standard InChI is InChI=1S/C6H10Br2O2/c1-3(9)5(7)6(8)4(2)10/h3-4,9-10H,1-2H3/b6-5+/t3-,4+. The fraction of sp³-hybridized carbons (Fsp3) is 0.667. The van der Waals surface area contributed by atoms with Gasteiger partial charge >= 0.3 is 0 Å². The summed E-state index contributed by atoms with van der Waals surface area (Å²) in [6, 6.07) is 0. The van der Waals surface area contributed by atoms with E-state index < -0.39 is 12.2 Å². The summed E-state index contributed by atoms with van der Waals surface area (Å²) in [6.07, 6.45) is -1.16. The quantitative estimate of drug-likeness (QED) is 0.805. The van der Waals surface area contributed by atoms with E-state index in [1.807, 2.05) is 0 Å². The highest BCUT2D eigenvalue weighted by Gasteiger charge is 2.10. The van der Waals surface area contributed by atoms with E-state index in [0.717, 1.165) is 0 Å². The molecular formula is C6H10Br2O2. The van der Waals surface area contributed by atoms with Crippen molar-refractivity contribution in [1.29, 1.82) is 0 Å². The van der Waals surface area contributed by atoms with Crippen molar-refractivity contribution in [3.8, 4) is 0 Å². The predicted molar refractivity (Wildman–Crippen MR) is 48.2 cm³/mol. The molecule has 0 aliphatic heterocycles. The summed E-state index contributed by atoms with van der Waals surface area (Å²) < 4.78 is 1.17. The van der Waals surface area contributed by atoms with E-state index in [0.29, 0.717) is 8.96 Å². The summed E-state index contributed by atoms with van der Waals surface area (Å²) in [7, 11) is 0. The van der Waals surface area contributed by atoms with Crippen LogP contribution in [0.4, 0.5) is 0 Å². The van der Waals surface area contributed by atoms with Crippen LogP contribution in [0.2, 0.25) is 0 Å². The van der Waals surface area contributed by atoms with E-state index in [4.69, 9.17) is 10.2 Å². The van der Waals surface area contributed by atoms with Crippen molar-refractivity contribution in [3.05, 3.63) is 8.96 Å². The normalized spacial score (nSPS) is 19.8. The van der Waals surface area contributed by atoms with E-state index in [1.54, 1.807) is 13.8 Å². The van der Waals surface area contributed by atoms with Crippen LogP contribution >= 0.6 is 31.9 Å². The number of halogens is 2. The van der Waals surface area contributed by atoms with Crippen molar-refractivity contribution in [2.75, 3.05) is 0 Å². The highest BCUT2D eigenvalue weighted by atomic mass is 79.9. The van der Waals surface area contributed by atoms with E-state index in [-0.39, 0.29) is 0 Å². The lowest BCUT2D eigenvalue weighted by Crippen LogP contribution is -2.07. The molecule has 0 aliphatic rings. The van der Waals surface area contributed by atoms with Crippen LogP contribution in [-0.4, -0.2) is 22.4 Å². The molecule has 0 rings (SSSR count). The first-order chi connectivity index (χ1) is 4.46. The summed E-state index contributed by atoms with van der Waals surface area (Å²) in [4.78, 5) is 0. The average molecular weight is 274 g/mol. The fourth-order valence-corrected chi connectivity index (χ4v) is 1.06. The Bertz CT molecular complexity index is 125. The molecule has 0 aromatic rings.